The standard InChI is InChI=1S/C22H27NO5S/c1-6-19(24)16-8-11-18(12-9-16)28-14-21(25)23-29(26,27)20-13-17(22(3,4)5)10-7-15(20)2/h7-13H,6,14H2,1-5H3,(H,23,25). The summed E-state index contributed by atoms with van der Waals surface area (Å²) in [6, 6.07) is 11.6. The van der Waals surface area contributed by atoms with Gasteiger partial charge in [-0.1, -0.05) is 39.8 Å². The highest BCUT2D eigenvalue weighted by Crippen LogP contribution is 2.26. The molecular weight excluding hydrogens is 390 g/mol. The fourth-order valence-corrected chi connectivity index (χ4v) is 3.92. The molecular formula is C22H27NO5S. The zero-order chi connectivity index (χ0) is 21.8. The van der Waals surface area contributed by atoms with Gasteiger partial charge in [-0.15, -0.1) is 0 Å². The zero-order valence-corrected chi connectivity index (χ0v) is 18.2. The number of carbonyl (C=O) groups excluding carboxylic acids is 2. The van der Waals surface area contributed by atoms with Gasteiger partial charge in [0.1, 0.15) is 5.75 Å². The molecule has 0 aliphatic carbocycles. The van der Waals surface area contributed by atoms with Gasteiger partial charge >= 0.3 is 0 Å². The predicted molar refractivity (Wildman–Crippen MR) is 112 cm³/mol. The molecule has 0 aliphatic heterocycles. The van der Waals surface area contributed by atoms with Crippen LogP contribution in [-0.2, 0) is 20.2 Å². The molecule has 2 rings (SSSR count). The molecule has 0 saturated carbocycles. The number of benzene rings is 2. The molecule has 1 N–H and O–H groups in total. The van der Waals surface area contributed by atoms with Gasteiger partial charge in [-0.25, -0.2) is 13.1 Å². The van der Waals surface area contributed by atoms with Crippen LogP contribution in [0.4, 0.5) is 0 Å². The van der Waals surface area contributed by atoms with Crippen LogP contribution in [0.3, 0.4) is 0 Å². The molecule has 0 spiro atoms. The number of amides is 1. The second-order valence-electron chi connectivity index (χ2n) is 7.85. The number of hydrogen-bond donors (Lipinski definition) is 1. The van der Waals surface area contributed by atoms with Crippen molar-refractivity contribution in [2.24, 2.45) is 0 Å². The van der Waals surface area contributed by atoms with Crippen molar-refractivity contribution in [2.75, 3.05) is 6.61 Å². The molecule has 0 bridgehead atoms. The van der Waals surface area contributed by atoms with Gasteiger partial charge in [0.25, 0.3) is 15.9 Å². The first-order valence-corrected chi connectivity index (χ1v) is 10.8. The Hall–Kier alpha value is -2.67. The van der Waals surface area contributed by atoms with Crippen molar-refractivity contribution in [3.05, 3.63) is 59.2 Å². The first-order chi connectivity index (χ1) is 13.4. The van der Waals surface area contributed by atoms with Crippen molar-refractivity contribution in [3.63, 3.8) is 0 Å². The van der Waals surface area contributed by atoms with E-state index in [-0.39, 0.29) is 16.1 Å². The van der Waals surface area contributed by atoms with Gasteiger partial charge in [0.15, 0.2) is 12.4 Å². The Balaban J connectivity index is 2.07. The largest absolute Gasteiger partial charge is 0.484 e. The second kappa shape index (κ2) is 8.78. The van der Waals surface area contributed by atoms with Gasteiger partial charge in [0.05, 0.1) is 4.90 Å². The van der Waals surface area contributed by atoms with E-state index in [2.05, 4.69) is 4.72 Å². The first kappa shape index (κ1) is 22.6. The van der Waals surface area contributed by atoms with E-state index in [1.54, 1.807) is 50.2 Å². The first-order valence-electron chi connectivity index (χ1n) is 9.37. The molecule has 7 heteroatoms. The molecule has 29 heavy (non-hydrogen) atoms. The zero-order valence-electron chi connectivity index (χ0n) is 17.4. The Labute approximate surface area is 172 Å². The molecule has 0 aliphatic rings. The third-order valence-electron chi connectivity index (χ3n) is 4.46. The monoisotopic (exact) mass is 417 g/mol. The quantitative estimate of drug-likeness (QED) is 0.693. The molecule has 156 valence electrons. The van der Waals surface area contributed by atoms with Crippen LogP contribution in [0.15, 0.2) is 47.4 Å². The van der Waals surface area contributed by atoms with Crippen LogP contribution in [0.2, 0.25) is 0 Å². The maximum Gasteiger partial charge on any atom is 0.271 e. The van der Waals surface area contributed by atoms with Crippen molar-refractivity contribution in [3.8, 4) is 5.75 Å². The lowest BCUT2D eigenvalue weighted by Gasteiger charge is -2.20. The van der Waals surface area contributed by atoms with Gasteiger partial charge in [-0.3, -0.25) is 9.59 Å². The molecule has 1 amide bonds. The smallest absolute Gasteiger partial charge is 0.271 e. The number of ketones is 1. The van der Waals surface area contributed by atoms with Crippen LogP contribution in [0.25, 0.3) is 0 Å². The van der Waals surface area contributed by atoms with E-state index < -0.39 is 22.5 Å². The Morgan fingerprint density at radius 3 is 2.21 bits per heavy atom. The Morgan fingerprint density at radius 2 is 1.66 bits per heavy atom. The lowest BCUT2D eigenvalue weighted by molar-refractivity contribution is -0.121. The number of ether oxygens (including phenoxy) is 1. The van der Waals surface area contributed by atoms with Gasteiger partial charge in [0.2, 0.25) is 0 Å². The Bertz CT molecular complexity index is 1000. The molecule has 0 unspecified atom stereocenters. The minimum Gasteiger partial charge on any atom is -0.484 e. The van der Waals surface area contributed by atoms with Gasteiger partial charge in [-0.2, -0.15) is 0 Å². The number of nitrogens with one attached hydrogen (secondary N) is 1. The lowest BCUT2D eigenvalue weighted by Crippen LogP contribution is -2.35. The molecule has 0 aromatic heterocycles. The number of hydrogen-bond acceptors (Lipinski definition) is 5. The van der Waals surface area contributed by atoms with E-state index in [9.17, 15) is 18.0 Å². The Kier molecular flexibility index (Phi) is 6.85. The summed E-state index contributed by atoms with van der Waals surface area (Å²) in [4.78, 5) is 23.8. The fourth-order valence-electron chi connectivity index (χ4n) is 2.68. The van der Waals surface area contributed by atoms with E-state index in [4.69, 9.17) is 4.74 Å². The van der Waals surface area contributed by atoms with Crippen LogP contribution < -0.4 is 9.46 Å². The van der Waals surface area contributed by atoms with Crippen molar-refractivity contribution < 1.29 is 22.7 Å². The SMILES string of the molecule is CCC(=O)c1ccc(OCC(=O)NS(=O)(=O)c2cc(C(C)(C)C)ccc2C)cc1. The molecule has 2 aromatic rings. The normalized spacial score (nSPS) is 11.8. The highest BCUT2D eigenvalue weighted by Gasteiger charge is 2.23. The van der Waals surface area contributed by atoms with E-state index >= 15 is 0 Å². The van der Waals surface area contributed by atoms with Crippen LogP contribution in [0, 0.1) is 6.92 Å². The summed E-state index contributed by atoms with van der Waals surface area (Å²) in [7, 11) is -4.02. The fraction of sp³-hybridized carbons (Fsp3) is 0.364. The maximum absolute atomic E-state index is 12.7. The van der Waals surface area contributed by atoms with Crippen LogP contribution in [0.5, 0.6) is 5.75 Å². The number of carbonyl (C=O) groups is 2. The summed E-state index contributed by atoms with van der Waals surface area (Å²) in [6.45, 7) is 8.95. The van der Waals surface area contributed by atoms with Crippen LogP contribution >= 0.6 is 0 Å². The van der Waals surface area contributed by atoms with Crippen molar-refractivity contribution in [2.45, 2.75) is 51.3 Å². The minimum atomic E-state index is -4.02. The summed E-state index contributed by atoms with van der Waals surface area (Å²) in [5.74, 6) is -0.399. The molecule has 0 fully saturated rings. The van der Waals surface area contributed by atoms with Crippen LogP contribution in [-0.4, -0.2) is 26.7 Å². The van der Waals surface area contributed by atoms with Crippen molar-refractivity contribution >= 4 is 21.7 Å². The third kappa shape index (κ3) is 5.90. The number of rotatable bonds is 7. The molecule has 0 saturated heterocycles. The predicted octanol–water partition coefficient (Wildman–Crippen LogP) is 3.77. The summed E-state index contributed by atoms with van der Waals surface area (Å²) in [5, 5.41) is 0. The second-order valence-corrected chi connectivity index (χ2v) is 9.50. The van der Waals surface area contributed by atoms with Gasteiger partial charge < -0.3 is 4.74 Å². The minimum absolute atomic E-state index is 0.00763. The van der Waals surface area contributed by atoms with E-state index in [0.717, 1.165) is 5.56 Å². The van der Waals surface area contributed by atoms with Crippen molar-refractivity contribution in [1.29, 1.82) is 0 Å². The molecule has 0 radical (unpaired) electrons. The number of sulfonamides is 1. The average Bonchev–Trinajstić information content (AvgIpc) is 2.65. The molecule has 0 atom stereocenters. The molecule has 2 aromatic carbocycles. The summed E-state index contributed by atoms with van der Waals surface area (Å²) < 4.78 is 32.8. The van der Waals surface area contributed by atoms with Crippen LogP contribution in [0.1, 0.15) is 55.6 Å². The number of Topliss-reactive ketones (excluding diaryl/α,β-unsaturated/α-hetero) is 1. The van der Waals surface area contributed by atoms with Crippen molar-refractivity contribution in [1.82, 2.24) is 4.72 Å². The highest BCUT2D eigenvalue weighted by atomic mass is 32.2. The molecule has 0 heterocycles. The third-order valence-corrected chi connectivity index (χ3v) is 5.97. The van der Waals surface area contributed by atoms with E-state index in [1.165, 1.54) is 0 Å². The lowest BCUT2D eigenvalue weighted by atomic mass is 9.87. The van der Waals surface area contributed by atoms with E-state index in [0.29, 0.717) is 23.3 Å². The Morgan fingerprint density at radius 1 is 1.03 bits per heavy atom. The van der Waals surface area contributed by atoms with E-state index in [1.807, 2.05) is 26.8 Å². The maximum atomic E-state index is 12.7. The topological polar surface area (TPSA) is 89.5 Å². The summed E-state index contributed by atoms with van der Waals surface area (Å²) in [5.41, 5.74) is 1.74. The highest BCUT2D eigenvalue weighted by molar-refractivity contribution is 7.90. The van der Waals surface area contributed by atoms with Gasteiger partial charge in [0, 0.05) is 12.0 Å². The average molecular weight is 418 g/mol. The summed E-state index contributed by atoms with van der Waals surface area (Å²) >= 11 is 0. The molecule has 6 nitrogen and oxygen atoms in total. The van der Waals surface area contributed by atoms with Gasteiger partial charge in [-0.05, 0) is 53.8 Å². The summed E-state index contributed by atoms with van der Waals surface area (Å²) in [6.07, 6.45) is 0.399. The number of aryl methyl sites for hydroxylation is 1.